The summed E-state index contributed by atoms with van der Waals surface area (Å²) in [6.45, 7) is 2.97. The largest absolute Gasteiger partial charge is 0.487 e. The summed E-state index contributed by atoms with van der Waals surface area (Å²) < 4.78 is 43.7. The molecule has 4 rings (SSSR count). The third kappa shape index (κ3) is 5.60. The molecular formula is C24H21ClF3N3O3. The van der Waals surface area contributed by atoms with E-state index in [1.54, 1.807) is 18.2 Å². The Labute approximate surface area is 198 Å². The maximum atomic E-state index is 13.9. The zero-order chi connectivity index (χ0) is 24.5. The van der Waals surface area contributed by atoms with Gasteiger partial charge >= 0.3 is 5.57 Å². The number of benzene rings is 2. The van der Waals surface area contributed by atoms with Crippen LogP contribution in [0.5, 0.6) is 5.75 Å². The van der Waals surface area contributed by atoms with Gasteiger partial charge in [0.25, 0.3) is 5.91 Å². The summed E-state index contributed by atoms with van der Waals surface area (Å²) in [5.41, 5.74) is -1.36. The molecule has 34 heavy (non-hydrogen) atoms. The van der Waals surface area contributed by atoms with Crippen molar-refractivity contribution in [2.75, 3.05) is 23.3 Å². The number of β-amino-alcohol motifs (C(OH)–C–C–N with tert-alkyl or cyclic N) is 1. The maximum Gasteiger partial charge on any atom is 0.487 e. The lowest BCUT2D eigenvalue weighted by molar-refractivity contribution is -0.0964. The molecule has 3 aromatic rings. The van der Waals surface area contributed by atoms with E-state index in [9.17, 15) is 23.1 Å². The number of carbonyl (C=O) groups is 1. The van der Waals surface area contributed by atoms with E-state index in [0.29, 0.717) is 35.5 Å². The summed E-state index contributed by atoms with van der Waals surface area (Å²) in [5.74, 6) is -1.07. The Morgan fingerprint density at radius 1 is 1.18 bits per heavy atom. The Kier molecular flexibility index (Phi) is 6.67. The van der Waals surface area contributed by atoms with Crippen LogP contribution in [0.3, 0.4) is 0 Å². The average molecular weight is 492 g/mol. The molecule has 1 aliphatic heterocycles. The van der Waals surface area contributed by atoms with Crippen LogP contribution in [0, 0.1) is 11.7 Å². The van der Waals surface area contributed by atoms with Gasteiger partial charge < -0.3 is 20.1 Å². The molecular weight excluding hydrogens is 471 g/mol. The van der Waals surface area contributed by atoms with Gasteiger partial charge in [0.05, 0.1) is 12.3 Å². The van der Waals surface area contributed by atoms with Crippen LogP contribution < -0.4 is 15.0 Å². The Balaban J connectivity index is 1.61. The Bertz CT molecular complexity index is 1180. The highest BCUT2D eigenvalue weighted by atomic mass is 35.5. The molecule has 2 aromatic carbocycles. The van der Waals surface area contributed by atoms with Gasteiger partial charge in [0.2, 0.25) is 0 Å². The molecule has 178 valence electrons. The number of ether oxygens (including phenoxy) is 1. The van der Waals surface area contributed by atoms with Crippen molar-refractivity contribution in [2.24, 2.45) is 5.92 Å². The van der Waals surface area contributed by atoms with Crippen molar-refractivity contribution in [1.29, 1.82) is 0 Å². The van der Waals surface area contributed by atoms with E-state index in [-0.39, 0.29) is 11.7 Å². The van der Waals surface area contributed by atoms with Gasteiger partial charge in [-0.2, -0.15) is 0 Å². The molecule has 0 bridgehead atoms. The molecule has 2 N–H and O–H groups in total. The van der Waals surface area contributed by atoms with Gasteiger partial charge in [-0.25, -0.2) is 4.39 Å². The van der Waals surface area contributed by atoms with E-state index in [1.807, 2.05) is 11.8 Å². The lowest BCUT2D eigenvalue weighted by atomic mass is 10.0. The molecule has 2 heterocycles. The number of carbonyl (C=O) groups excluding carboxylic acids is 1. The molecule has 0 spiro atoms. The molecule has 1 aromatic heterocycles. The molecule has 1 fully saturated rings. The van der Waals surface area contributed by atoms with Crippen molar-refractivity contribution in [2.45, 2.75) is 18.6 Å². The first-order valence-electron chi connectivity index (χ1n) is 10.4. The monoisotopic (exact) mass is 491 g/mol. The number of alkyl halides is 3. The molecule has 10 heteroatoms. The third-order valence-corrected chi connectivity index (χ3v) is 5.61. The van der Waals surface area contributed by atoms with Gasteiger partial charge in [-0.3, -0.25) is 9.78 Å². The molecule has 1 saturated heterocycles. The van der Waals surface area contributed by atoms with Crippen LogP contribution in [-0.2, 0) is 0 Å². The molecule has 1 amide bonds. The Morgan fingerprint density at radius 3 is 2.53 bits per heavy atom. The second kappa shape index (κ2) is 9.52. The normalized spacial score (nSPS) is 18.1. The van der Waals surface area contributed by atoms with Gasteiger partial charge in [-0.15, -0.1) is 8.78 Å². The van der Waals surface area contributed by atoms with Gasteiger partial charge in [0.1, 0.15) is 11.6 Å². The number of hydrogen-bond acceptors (Lipinski definition) is 5. The van der Waals surface area contributed by atoms with Crippen LogP contribution in [0.4, 0.5) is 24.5 Å². The number of aromatic nitrogens is 1. The van der Waals surface area contributed by atoms with Crippen LogP contribution >= 0.6 is 11.6 Å². The predicted octanol–water partition coefficient (Wildman–Crippen LogP) is 5.12. The highest BCUT2D eigenvalue weighted by Gasteiger charge is 2.30. The van der Waals surface area contributed by atoms with Crippen molar-refractivity contribution in [1.82, 2.24) is 4.98 Å². The minimum Gasteiger partial charge on any atom is -0.420 e. The summed E-state index contributed by atoms with van der Waals surface area (Å²) in [6, 6.07) is 11.6. The van der Waals surface area contributed by atoms with Crippen molar-refractivity contribution in [3.8, 4) is 16.9 Å². The Morgan fingerprint density at radius 2 is 1.91 bits per heavy atom. The summed E-state index contributed by atoms with van der Waals surface area (Å²) in [5, 5.41) is 12.9. The second-order valence-corrected chi connectivity index (χ2v) is 8.54. The fourth-order valence-electron chi connectivity index (χ4n) is 3.83. The average Bonchev–Trinajstić information content (AvgIpc) is 3.12. The van der Waals surface area contributed by atoms with E-state index in [2.05, 4.69) is 15.0 Å². The van der Waals surface area contributed by atoms with Gasteiger partial charge in [-0.05, 0) is 48.5 Å². The zero-order valence-electron chi connectivity index (χ0n) is 18.0. The fraction of sp³-hybridized carbons (Fsp3) is 0.250. The number of amides is 1. The first-order chi connectivity index (χ1) is 16.1. The third-order valence-electron chi connectivity index (χ3n) is 5.53. The number of pyridine rings is 1. The minimum atomic E-state index is -3.84. The van der Waals surface area contributed by atoms with Crippen molar-refractivity contribution in [3.05, 3.63) is 72.3 Å². The number of anilines is 2. The molecule has 6 nitrogen and oxygen atoms in total. The minimum absolute atomic E-state index is 0.0622. The first-order valence-corrected chi connectivity index (χ1v) is 10.8. The molecule has 0 aliphatic carbocycles. The predicted molar refractivity (Wildman–Crippen MR) is 123 cm³/mol. The summed E-state index contributed by atoms with van der Waals surface area (Å²) in [6.07, 6.45) is 2.10. The van der Waals surface area contributed by atoms with Crippen molar-refractivity contribution >= 4 is 28.9 Å². The number of aliphatic hydroxyl groups excluding tert-OH is 1. The highest BCUT2D eigenvalue weighted by molar-refractivity contribution is 6.20. The number of aliphatic hydroxyl groups is 1. The topological polar surface area (TPSA) is 74.7 Å². The SMILES string of the molecule is C[C@H]1CN(c2ccc(C(=O)Nc3ccc(OC(F)(F)Cl)cc3)cc2-c2cncc(F)c2)C[C@@H]1O. The lowest BCUT2D eigenvalue weighted by Crippen LogP contribution is -2.22. The number of nitrogens with zero attached hydrogens (tertiary/aromatic N) is 2. The lowest BCUT2D eigenvalue weighted by Gasteiger charge is -2.22. The summed E-state index contributed by atoms with van der Waals surface area (Å²) in [7, 11) is 0. The van der Waals surface area contributed by atoms with E-state index in [0.717, 1.165) is 11.9 Å². The molecule has 2 atom stereocenters. The summed E-state index contributed by atoms with van der Waals surface area (Å²) in [4.78, 5) is 18.8. The van der Waals surface area contributed by atoms with Crippen LogP contribution in [0.1, 0.15) is 17.3 Å². The molecule has 0 radical (unpaired) electrons. The molecule has 1 aliphatic rings. The first kappa shape index (κ1) is 23.8. The maximum absolute atomic E-state index is 13.9. The van der Waals surface area contributed by atoms with E-state index in [4.69, 9.17) is 11.6 Å². The van der Waals surface area contributed by atoms with Crippen LogP contribution in [0.25, 0.3) is 11.1 Å². The van der Waals surface area contributed by atoms with Gasteiger partial charge in [-0.1, -0.05) is 6.92 Å². The quantitative estimate of drug-likeness (QED) is 0.468. The summed E-state index contributed by atoms with van der Waals surface area (Å²) >= 11 is 4.75. The highest BCUT2D eigenvalue weighted by Crippen LogP contribution is 2.35. The zero-order valence-corrected chi connectivity index (χ0v) is 18.8. The van der Waals surface area contributed by atoms with Crippen LogP contribution in [0.15, 0.2) is 60.9 Å². The standard InChI is InChI=1S/C24H21ClF3N3O3/c1-14-12-31(13-22(14)32)21-7-2-15(9-20(21)16-8-17(26)11-29-10-16)23(33)30-18-3-5-19(6-4-18)34-24(25,27)28/h2-11,14,22,32H,12-13H2,1H3,(H,30,33)/t14-,22-/m0/s1. The van der Waals surface area contributed by atoms with Crippen molar-refractivity contribution in [3.63, 3.8) is 0 Å². The van der Waals surface area contributed by atoms with E-state index >= 15 is 0 Å². The number of hydrogen-bond donors (Lipinski definition) is 2. The molecule has 0 unspecified atom stereocenters. The number of nitrogens with one attached hydrogen (secondary N) is 1. The van der Waals surface area contributed by atoms with Crippen molar-refractivity contribution < 1.29 is 27.8 Å². The van der Waals surface area contributed by atoms with Gasteiger partial charge in [0.15, 0.2) is 0 Å². The van der Waals surface area contributed by atoms with E-state index in [1.165, 1.54) is 36.5 Å². The molecule has 0 saturated carbocycles. The second-order valence-electron chi connectivity index (χ2n) is 8.10. The van der Waals surface area contributed by atoms with Crippen LogP contribution in [-0.4, -0.2) is 40.8 Å². The number of rotatable bonds is 6. The number of halogens is 4. The van der Waals surface area contributed by atoms with Gasteiger partial charge in [0, 0.05) is 64.9 Å². The fourth-order valence-corrected chi connectivity index (χ4v) is 3.92. The smallest absolute Gasteiger partial charge is 0.420 e. The Hall–Kier alpha value is -3.30. The van der Waals surface area contributed by atoms with Crippen LogP contribution in [0.2, 0.25) is 0 Å². The van der Waals surface area contributed by atoms with E-state index < -0.39 is 23.4 Å².